The van der Waals surface area contributed by atoms with Crippen molar-refractivity contribution in [1.82, 2.24) is 0 Å². The molecule has 0 fully saturated rings. The van der Waals surface area contributed by atoms with Gasteiger partial charge in [0, 0.05) is 15.8 Å². The molecule has 0 radical (unpaired) electrons. The average molecular weight is 433 g/mol. The molecule has 1 amide bonds. The van der Waals surface area contributed by atoms with Gasteiger partial charge in [0.15, 0.2) is 0 Å². The minimum Gasteiger partial charge on any atom is -0.351 e. The number of nitrogens with zero attached hydrogens (tertiary/aromatic N) is 1. The molecule has 1 aliphatic rings. The SMILES string of the molecule is Cc1ccc(NC2=C[C@H](c3cccc(Br)c3)N(c3ccc(C)cc3)C2=O)cc1. The number of nitrogens with one attached hydrogen (secondary N) is 1. The first-order valence-electron chi connectivity index (χ1n) is 9.22. The summed E-state index contributed by atoms with van der Waals surface area (Å²) in [6.45, 7) is 4.09. The number of amides is 1. The molecule has 0 bridgehead atoms. The highest BCUT2D eigenvalue weighted by Gasteiger charge is 2.34. The highest BCUT2D eigenvalue weighted by atomic mass is 79.9. The molecule has 1 atom stereocenters. The number of carbonyl (C=O) groups is 1. The normalized spacial score (nSPS) is 16.2. The van der Waals surface area contributed by atoms with Gasteiger partial charge in [-0.1, -0.05) is 63.5 Å². The summed E-state index contributed by atoms with van der Waals surface area (Å²) in [5, 5.41) is 3.30. The first-order chi connectivity index (χ1) is 13.5. The number of anilines is 2. The standard InChI is InChI=1S/C24H21BrN2O/c1-16-6-10-20(11-7-16)26-22-15-23(18-4-3-5-19(25)14-18)27(24(22)28)21-12-8-17(2)9-13-21/h3-15,23,26H,1-2H3/t23-/m1/s1. The zero-order valence-electron chi connectivity index (χ0n) is 15.8. The lowest BCUT2D eigenvalue weighted by Gasteiger charge is -2.25. The van der Waals surface area contributed by atoms with E-state index in [1.54, 1.807) is 0 Å². The summed E-state index contributed by atoms with van der Waals surface area (Å²) in [6, 6.07) is 24.1. The van der Waals surface area contributed by atoms with Crippen LogP contribution in [-0.2, 0) is 4.79 Å². The predicted octanol–water partition coefficient (Wildman–Crippen LogP) is 6.15. The van der Waals surface area contributed by atoms with Crippen LogP contribution in [0, 0.1) is 13.8 Å². The van der Waals surface area contributed by atoms with Crippen LogP contribution >= 0.6 is 15.9 Å². The van der Waals surface area contributed by atoms with Gasteiger partial charge in [-0.05, 0) is 61.9 Å². The van der Waals surface area contributed by atoms with E-state index in [1.807, 2.05) is 85.5 Å². The first kappa shape index (κ1) is 18.5. The molecular weight excluding hydrogens is 412 g/mol. The topological polar surface area (TPSA) is 32.3 Å². The minimum atomic E-state index is -0.166. The second kappa shape index (κ2) is 7.64. The van der Waals surface area contributed by atoms with Gasteiger partial charge < -0.3 is 5.32 Å². The fraction of sp³-hybridized carbons (Fsp3) is 0.125. The number of benzene rings is 3. The van der Waals surface area contributed by atoms with Crippen LogP contribution in [0.1, 0.15) is 22.7 Å². The summed E-state index contributed by atoms with van der Waals surface area (Å²) in [5.74, 6) is -0.0330. The molecule has 4 heteroatoms. The van der Waals surface area contributed by atoms with Crippen LogP contribution in [0.4, 0.5) is 11.4 Å². The molecular formula is C24H21BrN2O. The Labute approximate surface area is 173 Å². The number of rotatable bonds is 4. The number of carbonyl (C=O) groups excluding carboxylic acids is 1. The summed E-state index contributed by atoms with van der Waals surface area (Å²) >= 11 is 3.55. The molecule has 0 unspecified atom stereocenters. The van der Waals surface area contributed by atoms with E-state index in [1.165, 1.54) is 11.1 Å². The molecule has 3 aromatic carbocycles. The van der Waals surface area contributed by atoms with Gasteiger partial charge in [0.2, 0.25) is 0 Å². The maximum absolute atomic E-state index is 13.3. The van der Waals surface area contributed by atoms with Crippen LogP contribution in [0.25, 0.3) is 0 Å². The molecule has 0 saturated heterocycles. The van der Waals surface area contributed by atoms with Crippen LogP contribution in [-0.4, -0.2) is 5.91 Å². The van der Waals surface area contributed by atoms with Gasteiger partial charge in [-0.25, -0.2) is 0 Å². The number of hydrogen-bond donors (Lipinski definition) is 1. The van der Waals surface area contributed by atoms with Gasteiger partial charge >= 0.3 is 0 Å². The Kier molecular flexibility index (Phi) is 5.05. The third kappa shape index (κ3) is 3.73. The van der Waals surface area contributed by atoms with E-state index in [9.17, 15) is 4.79 Å². The molecule has 1 N–H and O–H groups in total. The molecule has 0 aromatic heterocycles. The summed E-state index contributed by atoms with van der Waals surface area (Å²) in [5.41, 5.74) is 5.80. The lowest BCUT2D eigenvalue weighted by atomic mass is 10.1. The Morgan fingerprint density at radius 2 is 1.54 bits per heavy atom. The third-order valence-electron chi connectivity index (χ3n) is 4.88. The lowest BCUT2D eigenvalue weighted by Crippen LogP contribution is -2.30. The quantitative estimate of drug-likeness (QED) is 0.535. The number of halogens is 1. The van der Waals surface area contributed by atoms with Gasteiger partial charge in [-0.3, -0.25) is 9.69 Å². The van der Waals surface area contributed by atoms with Crippen molar-refractivity contribution < 1.29 is 4.79 Å². The van der Waals surface area contributed by atoms with Crippen molar-refractivity contribution in [3.8, 4) is 0 Å². The Morgan fingerprint density at radius 3 is 2.18 bits per heavy atom. The lowest BCUT2D eigenvalue weighted by molar-refractivity contribution is -0.114. The van der Waals surface area contributed by atoms with Crippen molar-refractivity contribution in [2.24, 2.45) is 0 Å². The Balaban J connectivity index is 1.73. The van der Waals surface area contributed by atoms with E-state index >= 15 is 0 Å². The van der Waals surface area contributed by atoms with Gasteiger partial charge in [-0.15, -0.1) is 0 Å². The number of hydrogen-bond acceptors (Lipinski definition) is 2. The third-order valence-corrected chi connectivity index (χ3v) is 5.38. The van der Waals surface area contributed by atoms with E-state index < -0.39 is 0 Å². The zero-order valence-corrected chi connectivity index (χ0v) is 17.4. The summed E-state index contributed by atoms with van der Waals surface area (Å²) in [6.07, 6.45) is 2.00. The van der Waals surface area contributed by atoms with Crippen LogP contribution in [0.15, 0.2) is 89.0 Å². The second-order valence-electron chi connectivity index (χ2n) is 7.08. The van der Waals surface area contributed by atoms with Crippen molar-refractivity contribution in [3.63, 3.8) is 0 Å². The molecule has 0 saturated carbocycles. The molecule has 1 heterocycles. The molecule has 28 heavy (non-hydrogen) atoms. The molecule has 140 valence electrons. The van der Waals surface area contributed by atoms with Crippen molar-refractivity contribution in [2.75, 3.05) is 10.2 Å². The zero-order chi connectivity index (χ0) is 19.7. The Bertz CT molecular complexity index is 1040. The average Bonchev–Trinajstić information content (AvgIpc) is 3.01. The predicted molar refractivity (Wildman–Crippen MR) is 118 cm³/mol. The van der Waals surface area contributed by atoms with Crippen molar-refractivity contribution in [2.45, 2.75) is 19.9 Å². The first-order valence-corrected chi connectivity index (χ1v) is 10.0. The van der Waals surface area contributed by atoms with Crippen LogP contribution in [0.5, 0.6) is 0 Å². The molecule has 0 aliphatic carbocycles. The van der Waals surface area contributed by atoms with Gasteiger partial charge in [0.25, 0.3) is 5.91 Å². The summed E-state index contributed by atoms with van der Waals surface area (Å²) < 4.78 is 0.995. The number of aryl methyl sites for hydroxylation is 2. The van der Waals surface area contributed by atoms with Crippen molar-refractivity contribution in [3.05, 3.63) is 106 Å². The molecule has 1 aliphatic heterocycles. The van der Waals surface area contributed by atoms with Gasteiger partial charge in [-0.2, -0.15) is 0 Å². The monoisotopic (exact) mass is 432 g/mol. The maximum Gasteiger partial charge on any atom is 0.275 e. The highest BCUT2D eigenvalue weighted by molar-refractivity contribution is 9.10. The summed E-state index contributed by atoms with van der Waals surface area (Å²) in [4.78, 5) is 15.2. The van der Waals surface area contributed by atoms with E-state index in [2.05, 4.69) is 33.4 Å². The van der Waals surface area contributed by atoms with Crippen LogP contribution in [0.3, 0.4) is 0 Å². The molecule has 3 nitrogen and oxygen atoms in total. The summed E-state index contributed by atoms with van der Waals surface area (Å²) in [7, 11) is 0. The van der Waals surface area contributed by atoms with E-state index in [-0.39, 0.29) is 11.9 Å². The largest absolute Gasteiger partial charge is 0.351 e. The van der Waals surface area contributed by atoms with Crippen LogP contribution in [0.2, 0.25) is 0 Å². The van der Waals surface area contributed by atoms with Gasteiger partial charge in [0.05, 0.1) is 6.04 Å². The fourth-order valence-corrected chi connectivity index (χ4v) is 3.78. The smallest absolute Gasteiger partial charge is 0.275 e. The molecule has 4 rings (SSSR count). The second-order valence-corrected chi connectivity index (χ2v) is 8.00. The highest BCUT2D eigenvalue weighted by Crippen LogP contribution is 2.36. The van der Waals surface area contributed by atoms with E-state index in [4.69, 9.17) is 0 Å². The van der Waals surface area contributed by atoms with E-state index in [0.717, 1.165) is 21.4 Å². The van der Waals surface area contributed by atoms with Crippen LogP contribution < -0.4 is 10.2 Å². The van der Waals surface area contributed by atoms with Crippen molar-refractivity contribution >= 4 is 33.2 Å². The van der Waals surface area contributed by atoms with Gasteiger partial charge in [0.1, 0.15) is 5.70 Å². The minimum absolute atomic E-state index is 0.0330. The maximum atomic E-state index is 13.3. The Hall–Kier alpha value is -2.85. The molecule has 0 spiro atoms. The van der Waals surface area contributed by atoms with E-state index in [0.29, 0.717) is 5.70 Å². The fourth-order valence-electron chi connectivity index (χ4n) is 3.37. The van der Waals surface area contributed by atoms with Crippen molar-refractivity contribution in [1.29, 1.82) is 0 Å². The molecule has 3 aromatic rings. The Morgan fingerprint density at radius 1 is 0.893 bits per heavy atom.